The second kappa shape index (κ2) is 8.73. The largest absolute Gasteiger partial charge is 0.353 e. The summed E-state index contributed by atoms with van der Waals surface area (Å²) in [5, 5.41) is 12.1. The van der Waals surface area contributed by atoms with Gasteiger partial charge in [0.25, 0.3) is 0 Å². The maximum absolute atomic E-state index is 12.3. The summed E-state index contributed by atoms with van der Waals surface area (Å²) >= 11 is 1.36. The van der Waals surface area contributed by atoms with Gasteiger partial charge in [-0.15, -0.1) is 10.2 Å². The normalized spacial score (nSPS) is 24.1. The molecule has 0 bridgehead atoms. The quantitative estimate of drug-likeness (QED) is 0.760. The number of nitrogens with zero attached hydrogens (tertiary/aromatic N) is 3. The van der Waals surface area contributed by atoms with Crippen molar-refractivity contribution in [2.75, 3.05) is 17.3 Å². The fraction of sp³-hybridized carbons (Fsp3) is 0.824. The van der Waals surface area contributed by atoms with E-state index in [4.69, 9.17) is 0 Å². The van der Waals surface area contributed by atoms with Crippen molar-refractivity contribution < 1.29 is 13.2 Å². The molecule has 0 unspecified atom stereocenters. The van der Waals surface area contributed by atoms with Crippen molar-refractivity contribution in [3.05, 3.63) is 5.82 Å². The van der Waals surface area contributed by atoms with Crippen LogP contribution in [-0.2, 0) is 21.7 Å². The van der Waals surface area contributed by atoms with Crippen molar-refractivity contribution in [3.63, 3.8) is 0 Å². The third-order valence-electron chi connectivity index (χ3n) is 5.27. The first kappa shape index (κ1) is 19.7. The molecule has 146 valence electrons. The van der Waals surface area contributed by atoms with Crippen molar-refractivity contribution in [3.8, 4) is 0 Å². The van der Waals surface area contributed by atoms with Gasteiger partial charge in [0.05, 0.1) is 17.3 Å². The zero-order valence-corrected chi connectivity index (χ0v) is 16.9. The summed E-state index contributed by atoms with van der Waals surface area (Å²) in [5.41, 5.74) is 0. The highest BCUT2D eigenvalue weighted by molar-refractivity contribution is 7.99. The first-order valence-corrected chi connectivity index (χ1v) is 12.3. The number of carbonyl (C=O) groups excluding carboxylic acids is 1. The molecule has 1 aliphatic heterocycles. The molecule has 1 aliphatic carbocycles. The van der Waals surface area contributed by atoms with Crippen LogP contribution in [0.25, 0.3) is 0 Å². The SMILES string of the molecule is Cn1c(SCC(=O)NC2CCCCCCC2)nnc1[C@H]1CCS(=O)(=O)C1. The fourth-order valence-corrected chi connectivity index (χ4v) is 6.27. The van der Waals surface area contributed by atoms with Crippen molar-refractivity contribution in [2.24, 2.45) is 7.05 Å². The lowest BCUT2D eigenvalue weighted by molar-refractivity contribution is -0.119. The van der Waals surface area contributed by atoms with E-state index in [1.807, 2.05) is 11.6 Å². The third kappa shape index (κ3) is 5.22. The van der Waals surface area contributed by atoms with E-state index in [9.17, 15) is 13.2 Å². The summed E-state index contributed by atoms with van der Waals surface area (Å²) in [5.74, 6) is 1.33. The van der Waals surface area contributed by atoms with Crippen LogP contribution in [0.3, 0.4) is 0 Å². The Morgan fingerprint density at radius 3 is 2.50 bits per heavy atom. The number of carbonyl (C=O) groups is 1. The van der Waals surface area contributed by atoms with Crippen LogP contribution in [0, 0.1) is 0 Å². The topological polar surface area (TPSA) is 93.9 Å². The van der Waals surface area contributed by atoms with E-state index in [1.54, 1.807) is 0 Å². The molecule has 26 heavy (non-hydrogen) atoms. The van der Waals surface area contributed by atoms with Crippen LogP contribution in [0.5, 0.6) is 0 Å². The molecule has 0 radical (unpaired) electrons. The van der Waals surface area contributed by atoms with Crippen LogP contribution < -0.4 is 5.32 Å². The predicted molar refractivity (Wildman–Crippen MR) is 102 cm³/mol. The van der Waals surface area contributed by atoms with Crippen LogP contribution in [0.2, 0.25) is 0 Å². The lowest BCUT2D eigenvalue weighted by atomic mass is 9.97. The Morgan fingerprint density at radius 1 is 1.15 bits per heavy atom. The first-order chi connectivity index (χ1) is 12.4. The summed E-state index contributed by atoms with van der Waals surface area (Å²) < 4.78 is 25.2. The molecular weight excluding hydrogens is 372 g/mol. The molecule has 2 aliphatic rings. The number of rotatable bonds is 5. The molecule has 2 fully saturated rings. The van der Waals surface area contributed by atoms with Crippen LogP contribution in [-0.4, -0.2) is 52.4 Å². The highest BCUT2D eigenvalue weighted by Crippen LogP contribution is 2.29. The van der Waals surface area contributed by atoms with Crippen molar-refractivity contribution in [1.29, 1.82) is 0 Å². The minimum atomic E-state index is -2.95. The maximum atomic E-state index is 12.3. The molecular formula is C17H28N4O3S2. The molecule has 1 aromatic heterocycles. The summed E-state index contributed by atoms with van der Waals surface area (Å²) in [6.07, 6.45) is 8.96. The molecule has 1 aromatic rings. The van der Waals surface area contributed by atoms with E-state index in [2.05, 4.69) is 15.5 Å². The van der Waals surface area contributed by atoms with Gasteiger partial charge in [-0.05, 0) is 19.3 Å². The van der Waals surface area contributed by atoms with E-state index in [1.165, 1.54) is 43.9 Å². The van der Waals surface area contributed by atoms with Gasteiger partial charge < -0.3 is 9.88 Å². The van der Waals surface area contributed by atoms with Gasteiger partial charge in [-0.1, -0.05) is 43.9 Å². The minimum absolute atomic E-state index is 0.0357. The molecule has 0 aromatic carbocycles. The average molecular weight is 401 g/mol. The molecule has 1 atom stereocenters. The monoisotopic (exact) mass is 400 g/mol. The number of hydrogen-bond acceptors (Lipinski definition) is 6. The molecule has 3 rings (SSSR count). The zero-order valence-electron chi connectivity index (χ0n) is 15.3. The number of hydrogen-bond donors (Lipinski definition) is 1. The molecule has 1 saturated heterocycles. The molecule has 2 heterocycles. The van der Waals surface area contributed by atoms with Gasteiger partial charge >= 0.3 is 0 Å². The second-order valence-corrected chi connectivity index (χ2v) is 10.6. The van der Waals surface area contributed by atoms with Gasteiger partial charge in [-0.25, -0.2) is 8.42 Å². The Balaban J connectivity index is 1.51. The van der Waals surface area contributed by atoms with Crippen LogP contribution >= 0.6 is 11.8 Å². The van der Waals surface area contributed by atoms with Gasteiger partial charge in [-0.3, -0.25) is 4.79 Å². The van der Waals surface area contributed by atoms with E-state index in [0.29, 0.717) is 29.2 Å². The van der Waals surface area contributed by atoms with Gasteiger partial charge in [0.15, 0.2) is 15.0 Å². The Hall–Kier alpha value is -1.09. The summed E-state index contributed by atoms with van der Waals surface area (Å²) in [7, 11) is -1.11. The average Bonchev–Trinajstić information content (AvgIpc) is 3.10. The van der Waals surface area contributed by atoms with Crippen molar-refractivity contribution >= 4 is 27.5 Å². The van der Waals surface area contributed by atoms with Crippen molar-refractivity contribution in [1.82, 2.24) is 20.1 Å². The lowest BCUT2D eigenvalue weighted by Gasteiger charge is -2.20. The van der Waals surface area contributed by atoms with E-state index in [-0.39, 0.29) is 23.3 Å². The Bertz CT molecular complexity index is 724. The molecule has 1 saturated carbocycles. The Kier molecular flexibility index (Phi) is 6.60. The van der Waals surface area contributed by atoms with E-state index < -0.39 is 9.84 Å². The number of aromatic nitrogens is 3. The standard InChI is InChI=1S/C17H28N4O3S2/c1-21-16(13-9-10-26(23,24)12-13)19-20-17(21)25-11-15(22)18-14-7-5-3-2-4-6-8-14/h13-14H,2-12H2,1H3,(H,18,22)/t13-/m0/s1. The van der Waals surface area contributed by atoms with Gasteiger partial charge in [0, 0.05) is 19.0 Å². The molecule has 0 spiro atoms. The molecule has 1 N–H and O–H groups in total. The van der Waals surface area contributed by atoms with E-state index >= 15 is 0 Å². The Labute approximate surface area is 159 Å². The van der Waals surface area contributed by atoms with Gasteiger partial charge in [0.1, 0.15) is 5.82 Å². The van der Waals surface area contributed by atoms with Gasteiger partial charge in [0.2, 0.25) is 5.91 Å². The highest BCUT2D eigenvalue weighted by atomic mass is 32.2. The van der Waals surface area contributed by atoms with Crippen LogP contribution in [0.15, 0.2) is 5.16 Å². The number of amides is 1. The highest BCUT2D eigenvalue weighted by Gasteiger charge is 2.32. The van der Waals surface area contributed by atoms with Gasteiger partial charge in [-0.2, -0.15) is 0 Å². The second-order valence-electron chi connectivity index (χ2n) is 7.40. The summed E-state index contributed by atoms with van der Waals surface area (Å²) in [6.45, 7) is 0. The molecule has 9 heteroatoms. The molecule has 7 nitrogen and oxygen atoms in total. The smallest absolute Gasteiger partial charge is 0.230 e. The van der Waals surface area contributed by atoms with Crippen LogP contribution in [0.4, 0.5) is 0 Å². The van der Waals surface area contributed by atoms with Crippen LogP contribution in [0.1, 0.15) is 63.1 Å². The predicted octanol–water partition coefficient (Wildman–Crippen LogP) is 2.04. The zero-order chi connectivity index (χ0) is 18.6. The minimum Gasteiger partial charge on any atom is -0.353 e. The lowest BCUT2D eigenvalue weighted by Crippen LogP contribution is -2.36. The van der Waals surface area contributed by atoms with E-state index in [0.717, 1.165) is 12.8 Å². The fourth-order valence-electron chi connectivity index (χ4n) is 3.81. The summed E-state index contributed by atoms with van der Waals surface area (Å²) in [6, 6.07) is 0.294. The number of sulfone groups is 1. The maximum Gasteiger partial charge on any atom is 0.230 e. The Morgan fingerprint density at radius 2 is 1.85 bits per heavy atom. The number of nitrogens with one attached hydrogen (secondary N) is 1. The number of thioether (sulfide) groups is 1. The third-order valence-corrected chi connectivity index (χ3v) is 8.06. The molecule has 1 amide bonds. The van der Waals surface area contributed by atoms with Crippen molar-refractivity contribution in [2.45, 2.75) is 68.5 Å². The first-order valence-electron chi connectivity index (χ1n) is 9.46. The summed E-state index contributed by atoms with van der Waals surface area (Å²) in [4.78, 5) is 12.3.